The normalized spacial score (nSPS) is 16.4. The van der Waals surface area contributed by atoms with Crippen LogP contribution in [0.2, 0.25) is 0 Å². The molecule has 0 saturated carbocycles. The summed E-state index contributed by atoms with van der Waals surface area (Å²) < 4.78 is 5.55. The van der Waals surface area contributed by atoms with E-state index in [1.165, 1.54) is 11.3 Å². The standard InChI is InChI=1S/C17H23N3O/c1-14-3-2-4-16(9-14)20-7-5-19(6-8-20)12-17-10-15(11-18)13-21-17/h2-4,9-10,13H,5-8,11-12,18H2,1H3. The van der Waals surface area contributed by atoms with Crippen LogP contribution < -0.4 is 10.6 Å². The van der Waals surface area contributed by atoms with Crippen molar-refractivity contribution in [1.29, 1.82) is 0 Å². The fraction of sp³-hybridized carbons (Fsp3) is 0.412. The van der Waals surface area contributed by atoms with Crippen LogP contribution >= 0.6 is 0 Å². The van der Waals surface area contributed by atoms with E-state index in [0.29, 0.717) is 6.54 Å². The Kier molecular flexibility index (Phi) is 4.27. The minimum absolute atomic E-state index is 0.546. The smallest absolute Gasteiger partial charge is 0.118 e. The molecule has 21 heavy (non-hydrogen) atoms. The third kappa shape index (κ3) is 3.46. The summed E-state index contributed by atoms with van der Waals surface area (Å²) in [5.74, 6) is 1.01. The van der Waals surface area contributed by atoms with Gasteiger partial charge in [0.15, 0.2) is 0 Å². The summed E-state index contributed by atoms with van der Waals surface area (Å²) in [5, 5.41) is 0. The Balaban J connectivity index is 1.55. The highest BCUT2D eigenvalue weighted by Gasteiger charge is 2.18. The molecular formula is C17H23N3O. The van der Waals surface area contributed by atoms with Crippen molar-refractivity contribution in [3.05, 3.63) is 53.5 Å². The van der Waals surface area contributed by atoms with Crippen LogP contribution in [0, 0.1) is 6.92 Å². The van der Waals surface area contributed by atoms with E-state index in [2.05, 4.69) is 47.1 Å². The van der Waals surface area contributed by atoms with E-state index in [1.54, 1.807) is 6.26 Å². The highest BCUT2D eigenvalue weighted by atomic mass is 16.3. The molecule has 0 atom stereocenters. The number of furan rings is 1. The van der Waals surface area contributed by atoms with Gasteiger partial charge in [-0.2, -0.15) is 0 Å². The Bertz CT molecular complexity index is 585. The molecule has 4 nitrogen and oxygen atoms in total. The molecule has 1 fully saturated rings. The number of rotatable bonds is 4. The van der Waals surface area contributed by atoms with Gasteiger partial charge < -0.3 is 15.1 Å². The highest BCUT2D eigenvalue weighted by molar-refractivity contribution is 5.48. The van der Waals surface area contributed by atoms with E-state index in [9.17, 15) is 0 Å². The van der Waals surface area contributed by atoms with Crippen LogP contribution in [0.3, 0.4) is 0 Å². The molecule has 0 aliphatic carbocycles. The molecule has 0 bridgehead atoms. The van der Waals surface area contributed by atoms with Crippen LogP contribution in [0.1, 0.15) is 16.9 Å². The molecule has 1 saturated heterocycles. The third-order valence-corrected chi connectivity index (χ3v) is 4.06. The molecule has 1 aliphatic rings. The lowest BCUT2D eigenvalue weighted by atomic mass is 10.2. The van der Waals surface area contributed by atoms with E-state index in [-0.39, 0.29) is 0 Å². The summed E-state index contributed by atoms with van der Waals surface area (Å²) in [6.45, 7) is 7.82. The van der Waals surface area contributed by atoms with Gasteiger partial charge in [0.25, 0.3) is 0 Å². The highest BCUT2D eigenvalue weighted by Crippen LogP contribution is 2.19. The molecule has 0 amide bonds. The van der Waals surface area contributed by atoms with Crippen LogP contribution in [-0.2, 0) is 13.1 Å². The van der Waals surface area contributed by atoms with Gasteiger partial charge in [0.05, 0.1) is 12.8 Å². The quantitative estimate of drug-likeness (QED) is 0.937. The second-order valence-electron chi connectivity index (χ2n) is 5.73. The van der Waals surface area contributed by atoms with Crippen molar-refractivity contribution in [2.75, 3.05) is 31.1 Å². The van der Waals surface area contributed by atoms with Crippen LogP contribution in [0.5, 0.6) is 0 Å². The Hall–Kier alpha value is -1.78. The number of nitrogens with two attached hydrogens (primary N) is 1. The Morgan fingerprint density at radius 1 is 1.14 bits per heavy atom. The maximum atomic E-state index is 5.61. The van der Waals surface area contributed by atoms with Crippen LogP contribution in [-0.4, -0.2) is 31.1 Å². The maximum Gasteiger partial charge on any atom is 0.118 e. The molecule has 1 aromatic heterocycles. The van der Waals surface area contributed by atoms with Crippen LogP contribution in [0.15, 0.2) is 41.0 Å². The molecule has 2 heterocycles. The van der Waals surface area contributed by atoms with Crippen molar-refractivity contribution in [2.45, 2.75) is 20.0 Å². The maximum absolute atomic E-state index is 5.61. The van der Waals surface area contributed by atoms with Gasteiger partial charge in [-0.1, -0.05) is 12.1 Å². The van der Waals surface area contributed by atoms with Crippen molar-refractivity contribution >= 4 is 5.69 Å². The van der Waals surface area contributed by atoms with Gasteiger partial charge in [-0.15, -0.1) is 0 Å². The summed E-state index contributed by atoms with van der Waals surface area (Å²) in [6.07, 6.45) is 1.76. The molecule has 0 spiro atoms. The zero-order valence-corrected chi connectivity index (χ0v) is 12.6. The number of hydrogen-bond acceptors (Lipinski definition) is 4. The lowest BCUT2D eigenvalue weighted by Gasteiger charge is -2.35. The number of benzene rings is 1. The van der Waals surface area contributed by atoms with Crippen molar-refractivity contribution in [1.82, 2.24) is 4.90 Å². The van der Waals surface area contributed by atoms with Crippen molar-refractivity contribution < 1.29 is 4.42 Å². The zero-order chi connectivity index (χ0) is 14.7. The van der Waals surface area contributed by atoms with Gasteiger partial charge in [0, 0.05) is 44.0 Å². The van der Waals surface area contributed by atoms with Gasteiger partial charge in [0.1, 0.15) is 5.76 Å². The fourth-order valence-corrected chi connectivity index (χ4v) is 2.83. The topological polar surface area (TPSA) is 45.6 Å². The summed E-state index contributed by atoms with van der Waals surface area (Å²) in [6, 6.07) is 10.8. The average Bonchev–Trinajstić information content (AvgIpc) is 2.96. The first-order valence-corrected chi connectivity index (χ1v) is 7.55. The Morgan fingerprint density at radius 3 is 2.62 bits per heavy atom. The predicted molar refractivity (Wildman–Crippen MR) is 85.3 cm³/mol. The molecule has 112 valence electrons. The van der Waals surface area contributed by atoms with Crippen molar-refractivity contribution in [3.8, 4) is 0 Å². The summed E-state index contributed by atoms with van der Waals surface area (Å²) in [7, 11) is 0. The second-order valence-corrected chi connectivity index (χ2v) is 5.73. The van der Waals surface area contributed by atoms with Crippen LogP contribution in [0.25, 0.3) is 0 Å². The second kappa shape index (κ2) is 6.33. The molecule has 0 radical (unpaired) electrons. The molecular weight excluding hydrogens is 262 g/mol. The van der Waals surface area contributed by atoms with Crippen molar-refractivity contribution in [3.63, 3.8) is 0 Å². The average molecular weight is 285 g/mol. The summed E-state index contributed by atoms with van der Waals surface area (Å²) in [4.78, 5) is 4.89. The summed E-state index contributed by atoms with van der Waals surface area (Å²) in [5.41, 5.74) is 9.33. The molecule has 1 aromatic carbocycles. The number of anilines is 1. The zero-order valence-electron chi connectivity index (χ0n) is 12.6. The first kappa shape index (κ1) is 14.2. The first-order valence-electron chi connectivity index (χ1n) is 7.55. The lowest BCUT2D eigenvalue weighted by molar-refractivity contribution is 0.230. The predicted octanol–water partition coefficient (Wildman–Crippen LogP) is 2.37. The van der Waals surface area contributed by atoms with Gasteiger partial charge in [-0.3, -0.25) is 4.90 Å². The molecule has 0 unspecified atom stereocenters. The Labute approximate surface area is 126 Å². The molecule has 1 aliphatic heterocycles. The summed E-state index contributed by atoms with van der Waals surface area (Å²) >= 11 is 0. The number of nitrogens with zero attached hydrogens (tertiary/aromatic N) is 2. The number of piperazine rings is 1. The van der Waals surface area contributed by atoms with E-state index in [1.807, 2.05) is 0 Å². The third-order valence-electron chi connectivity index (χ3n) is 4.06. The number of aryl methyl sites for hydroxylation is 1. The fourth-order valence-electron chi connectivity index (χ4n) is 2.83. The molecule has 2 aromatic rings. The number of hydrogen-bond donors (Lipinski definition) is 1. The Morgan fingerprint density at radius 2 is 1.95 bits per heavy atom. The van der Waals surface area contributed by atoms with E-state index in [0.717, 1.165) is 44.0 Å². The van der Waals surface area contributed by atoms with Crippen molar-refractivity contribution in [2.24, 2.45) is 5.73 Å². The molecule has 2 N–H and O–H groups in total. The minimum atomic E-state index is 0.546. The van der Waals surface area contributed by atoms with Gasteiger partial charge in [-0.05, 0) is 30.7 Å². The SMILES string of the molecule is Cc1cccc(N2CCN(Cc3cc(CN)co3)CC2)c1. The first-order chi connectivity index (χ1) is 10.2. The van der Waals surface area contributed by atoms with E-state index in [4.69, 9.17) is 10.2 Å². The van der Waals surface area contributed by atoms with Crippen LogP contribution in [0.4, 0.5) is 5.69 Å². The van der Waals surface area contributed by atoms with Gasteiger partial charge in [-0.25, -0.2) is 0 Å². The van der Waals surface area contributed by atoms with E-state index >= 15 is 0 Å². The largest absolute Gasteiger partial charge is 0.468 e. The molecule has 3 rings (SSSR count). The van der Waals surface area contributed by atoms with Gasteiger partial charge in [0.2, 0.25) is 0 Å². The monoisotopic (exact) mass is 285 g/mol. The molecule has 4 heteroatoms. The van der Waals surface area contributed by atoms with Gasteiger partial charge >= 0.3 is 0 Å². The lowest BCUT2D eigenvalue weighted by Crippen LogP contribution is -2.45. The minimum Gasteiger partial charge on any atom is -0.468 e. The van der Waals surface area contributed by atoms with E-state index < -0.39 is 0 Å².